The van der Waals surface area contributed by atoms with Gasteiger partial charge in [-0.05, 0) is 42.0 Å². The molecule has 0 radical (unpaired) electrons. The van der Waals surface area contributed by atoms with Crippen LogP contribution in [0.1, 0.15) is 31.1 Å². The van der Waals surface area contributed by atoms with Gasteiger partial charge in [0.2, 0.25) is 0 Å². The van der Waals surface area contributed by atoms with E-state index >= 15 is 0 Å². The number of nitrogens with one attached hydrogen (secondary N) is 1. The standard InChI is InChI=1S/C29H20N2O5/c32-26(30-25-16-7-6-13-22(25)19-9-2-1-3-10-19)18-36-29(35)20-11-8-12-21(17-20)31-27(33)23-14-4-5-15-24(23)28(31)34/h1-17H,18H2,(H,30,32). The molecule has 7 heteroatoms. The molecular weight excluding hydrogens is 456 g/mol. The molecule has 1 aliphatic rings. The maximum atomic E-state index is 12.7. The molecular formula is C29H20N2O5. The number of para-hydroxylation sites is 1. The van der Waals surface area contributed by atoms with Gasteiger partial charge in [-0.3, -0.25) is 14.4 Å². The van der Waals surface area contributed by atoms with E-state index in [-0.39, 0.29) is 11.3 Å². The minimum absolute atomic E-state index is 0.113. The Labute approximate surface area is 206 Å². The number of nitrogens with zero attached hydrogens (tertiary/aromatic N) is 1. The molecule has 176 valence electrons. The largest absolute Gasteiger partial charge is 0.452 e. The van der Waals surface area contributed by atoms with Gasteiger partial charge in [0.1, 0.15) is 0 Å². The number of hydrogen-bond acceptors (Lipinski definition) is 5. The molecule has 36 heavy (non-hydrogen) atoms. The van der Waals surface area contributed by atoms with Crippen molar-refractivity contribution in [3.63, 3.8) is 0 Å². The average Bonchev–Trinajstić information content (AvgIpc) is 3.18. The third-order valence-corrected chi connectivity index (χ3v) is 5.75. The van der Waals surface area contributed by atoms with Crippen molar-refractivity contribution in [1.29, 1.82) is 0 Å². The van der Waals surface area contributed by atoms with Gasteiger partial charge in [0.05, 0.1) is 22.4 Å². The number of imide groups is 1. The number of ether oxygens (including phenoxy) is 1. The smallest absolute Gasteiger partial charge is 0.338 e. The first-order valence-electron chi connectivity index (χ1n) is 11.2. The fraction of sp³-hybridized carbons (Fsp3) is 0.0345. The van der Waals surface area contributed by atoms with Crippen molar-refractivity contribution in [1.82, 2.24) is 0 Å². The molecule has 0 aromatic heterocycles. The van der Waals surface area contributed by atoms with E-state index in [0.717, 1.165) is 16.0 Å². The molecule has 0 saturated heterocycles. The van der Waals surface area contributed by atoms with Gasteiger partial charge >= 0.3 is 5.97 Å². The highest BCUT2D eigenvalue weighted by Gasteiger charge is 2.36. The Morgan fingerprint density at radius 3 is 2.00 bits per heavy atom. The Bertz CT molecular complexity index is 1460. The van der Waals surface area contributed by atoms with Crippen LogP contribution in [0, 0.1) is 0 Å². The van der Waals surface area contributed by atoms with Crippen molar-refractivity contribution in [2.24, 2.45) is 0 Å². The van der Waals surface area contributed by atoms with Gasteiger partial charge in [0.15, 0.2) is 6.61 Å². The number of fused-ring (bicyclic) bond motifs is 1. The monoisotopic (exact) mass is 476 g/mol. The summed E-state index contributed by atoms with van der Waals surface area (Å²) in [5, 5.41) is 2.78. The maximum absolute atomic E-state index is 12.7. The number of carbonyl (C=O) groups excluding carboxylic acids is 4. The van der Waals surface area contributed by atoms with Crippen LogP contribution in [0.4, 0.5) is 11.4 Å². The van der Waals surface area contributed by atoms with Crippen LogP contribution in [0.2, 0.25) is 0 Å². The van der Waals surface area contributed by atoms with E-state index in [1.165, 1.54) is 12.1 Å². The van der Waals surface area contributed by atoms with Crippen molar-refractivity contribution in [3.8, 4) is 11.1 Å². The van der Waals surface area contributed by atoms with E-state index < -0.39 is 30.3 Å². The average molecular weight is 476 g/mol. The van der Waals surface area contributed by atoms with Crippen molar-refractivity contribution in [3.05, 3.63) is 120 Å². The van der Waals surface area contributed by atoms with Crippen LogP contribution in [0.3, 0.4) is 0 Å². The summed E-state index contributed by atoms with van der Waals surface area (Å²) in [5.74, 6) is -2.17. The molecule has 0 saturated carbocycles. The van der Waals surface area contributed by atoms with Crippen molar-refractivity contribution < 1.29 is 23.9 Å². The zero-order valence-electron chi connectivity index (χ0n) is 19.0. The number of anilines is 2. The molecule has 0 fully saturated rings. The van der Waals surface area contributed by atoms with Crippen LogP contribution in [0.5, 0.6) is 0 Å². The highest BCUT2D eigenvalue weighted by molar-refractivity contribution is 6.34. The van der Waals surface area contributed by atoms with Crippen LogP contribution in [-0.4, -0.2) is 30.3 Å². The molecule has 0 bridgehead atoms. The van der Waals surface area contributed by atoms with Crippen molar-refractivity contribution in [2.75, 3.05) is 16.8 Å². The molecule has 0 atom stereocenters. The molecule has 1 heterocycles. The molecule has 7 nitrogen and oxygen atoms in total. The molecule has 0 unspecified atom stereocenters. The highest BCUT2D eigenvalue weighted by Crippen LogP contribution is 2.29. The van der Waals surface area contributed by atoms with Crippen LogP contribution in [-0.2, 0) is 9.53 Å². The van der Waals surface area contributed by atoms with E-state index in [9.17, 15) is 19.2 Å². The summed E-state index contributed by atoms with van der Waals surface area (Å²) >= 11 is 0. The maximum Gasteiger partial charge on any atom is 0.338 e. The molecule has 4 aromatic rings. The lowest BCUT2D eigenvalue weighted by Gasteiger charge is -2.15. The van der Waals surface area contributed by atoms with Gasteiger partial charge in [-0.25, -0.2) is 9.69 Å². The zero-order chi connectivity index (χ0) is 25.1. The number of benzene rings is 4. The van der Waals surface area contributed by atoms with E-state index in [0.29, 0.717) is 16.8 Å². The summed E-state index contributed by atoms with van der Waals surface area (Å²) in [6.45, 7) is -0.501. The van der Waals surface area contributed by atoms with Gasteiger partial charge in [-0.15, -0.1) is 0 Å². The van der Waals surface area contributed by atoms with E-state index in [4.69, 9.17) is 4.74 Å². The Kier molecular flexibility index (Phi) is 6.11. The zero-order valence-corrected chi connectivity index (χ0v) is 19.0. The SMILES string of the molecule is O=C(COC(=O)c1cccc(N2C(=O)c3ccccc3C2=O)c1)Nc1ccccc1-c1ccccc1. The molecule has 5 rings (SSSR count). The molecule has 1 N–H and O–H groups in total. The fourth-order valence-electron chi connectivity index (χ4n) is 4.06. The second kappa shape index (κ2) is 9.68. The second-order valence-corrected chi connectivity index (χ2v) is 8.08. The van der Waals surface area contributed by atoms with Crippen LogP contribution in [0.25, 0.3) is 11.1 Å². The lowest BCUT2D eigenvalue weighted by Crippen LogP contribution is -2.29. The Balaban J connectivity index is 1.26. The van der Waals surface area contributed by atoms with Gasteiger partial charge in [-0.1, -0.05) is 66.7 Å². The topological polar surface area (TPSA) is 92.8 Å². The van der Waals surface area contributed by atoms with E-state index in [1.807, 2.05) is 42.5 Å². The summed E-state index contributed by atoms with van der Waals surface area (Å²) in [6, 6.07) is 29.5. The van der Waals surface area contributed by atoms with Gasteiger partial charge in [0.25, 0.3) is 17.7 Å². The fourth-order valence-corrected chi connectivity index (χ4v) is 4.06. The normalized spacial score (nSPS) is 12.3. The Morgan fingerprint density at radius 1 is 0.694 bits per heavy atom. The van der Waals surface area contributed by atoms with Crippen LogP contribution in [0.15, 0.2) is 103 Å². The lowest BCUT2D eigenvalue weighted by molar-refractivity contribution is -0.119. The van der Waals surface area contributed by atoms with Gasteiger partial charge in [0, 0.05) is 11.3 Å². The molecule has 4 aromatic carbocycles. The first-order valence-corrected chi connectivity index (χ1v) is 11.2. The minimum atomic E-state index is -0.750. The predicted molar refractivity (Wildman–Crippen MR) is 135 cm³/mol. The number of amides is 3. The summed E-state index contributed by atoms with van der Waals surface area (Å²) in [5.41, 5.74) is 3.35. The summed E-state index contributed by atoms with van der Waals surface area (Å²) < 4.78 is 5.20. The van der Waals surface area contributed by atoms with E-state index in [2.05, 4.69) is 5.32 Å². The second-order valence-electron chi connectivity index (χ2n) is 8.08. The molecule has 0 aliphatic carbocycles. The number of hydrogen-bond donors (Lipinski definition) is 1. The molecule has 0 spiro atoms. The number of carbonyl (C=O) groups is 4. The van der Waals surface area contributed by atoms with Crippen LogP contribution < -0.4 is 10.2 Å². The first kappa shape index (κ1) is 22.7. The van der Waals surface area contributed by atoms with Crippen molar-refractivity contribution >= 4 is 35.1 Å². The number of rotatable bonds is 6. The Hall–Kier alpha value is -5.04. The first-order chi connectivity index (χ1) is 17.5. The summed E-state index contributed by atoms with van der Waals surface area (Å²) in [6.07, 6.45) is 0. The van der Waals surface area contributed by atoms with Crippen LogP contribution >= 0.6 is 0 Å². The molecule has 1 aliphatic heterocycles. The lowest BCUT2D eigenvalue weighted by atomic mass is 10.0. The minimum Gasteiger partial charge on any atom is -0.452 e. The summed E-state index contributed by atoms with van der Waals surface area (Å²) in [4.78, 5) is 51.7. The predicted octanol–water partition coefficient (Wildman–Crippen LogP) is 4.95. The number of esters is 1. The quantitative estimate of drug-likeness (QED) is 0.314. The van der Waals surface area contributed by atoms with Crippen molar-refractivity contribution in [2.45, 2.75) is 0 Å². The van der Waals surface area contributed by atoms with E-state index in [1.54, 1.807) is 48.5 Å². The third kappa shape index (κ3) is 4.37. The summed E-state index contributed by atoms with van der Waals surface area (Å²) in [7, 11) is 0. The van der Waals surface area contributed by atoms with Gasteiger partial charge in [-0.2, -0.15) is 0 Å². The highest BCUT2D eigenvalue weighted by atomic mass is 16.5. The Morgan fingerprint density at radius 2 is 1.31 bits per heavy atom. The van der Waals surface area contributed by atoms with Gasteiger partial charge < -0.3 is 10.1 Å². The third-order valence-electron chi connectivity index (χ3n) is 5.75. The molecule has 3 amide bonds.